The Labute approximate surface area is 92.1 Å². The lowest BCUT2D eigenvalue weighted by Crippen LogP contribution is -2.32. The summed E-state index contributed by atoms with van der Waals surface area (Å²) in [7, 11) is 0.376. The van der Waals surface area contributed by atoms with E-state index in [9.17, 15) is 9.00 Å². The van der Waals surface area contributed by atoms with Gasteiger partial charge in [-0.3, -0.25) is 9.00 Å². The highest BCUT2D eigenvalue weighted by Crippen LogP contribution is 1.93. The Bertz CT molecular complexity index is 263. The van der Waals surface area contributed by atoms with E-state index in [1.165, 1.54) is 4.90 Å². The van der Waals surface area contributed by atoms with Gasteiger partial charge in [-0.2, -0.15) is 5.26 Å². The van der Waals surface area contributed by atoms with Crippen molar-refractivity contribution < 1.29 is 14.1 Å². The van der Waals surface area contributed by atoms with Crippen molar-refractivity contribution in [3.63, 3.8) is 0 Å². The number of amides is 1. The van der Waals surface area contributed by atoms with Gasteiger partial charge >= 0.3 is 0 Å². The molecule has 0 heterocycles. The maximum atomic E-state index is 11.4. The number of aliphatic hydroxyl groups excluding tert-OH is 1. The van der Waals surface area contributed by atoms with Gasteiger partial charge in [0.2, 0.25) is 5.91 Å². The van der Waals surface area contributed by atoms with Crippen molar-refractivity contribution in [2.45, 2.75) is 12.8 Å². The molecule has 0 rings (SSSR count). The van der Waals surface area contributed by atoms with E-state index in [2.05, 4.69) is 0 Å². The Balaban J connectivity index is 3.81. The van der Waals surface area contributed by atoms with E-state index in [-0.39, 0.29) is 24.7 Å². The summed E-state index contributed by atoms with van der Waals surface area (Å²) in [5.74, 6) is 0.0949. The quantitative estimate of drug-likeness (QED) is 0.641. The fourth-order valence-electron chi connectivity index (χ4n) is 0.888. The molecular weight excluding hydrogens is 216 g/mol. The normalized spacial score (nSPS) is 11.8. The smallest absolute Gasteiger partial charge is 0.234 e. The zero-order valence-electron chi connectivity index (χ0n) is 8.81. The second-order valence-electron chi connectivity index (χ2n) is 3.09. The molecular formula is C9H16N2O3S. The van der Waals surface area contributed by atoms with Crippen molar-refractivity contribution in [2.24, 2.45) is 0 Å². The first kappa shape index (κ1) is 14.1. The van der Waals surface area contributed by atoms with Gasteiger partial charge in [0, 0.05) is 36.8 Å². The second kappa shape index (κ2) is 8.38. The Morgan fingerprint density at radius 3 is 2.80 bits per heavy atom. The van der Waals surface area contributed by atoms with Crippen molar-refractivity contribution in [1.82, 2.24) is 4.90 Å². The van der Waals surface area contributed by atoms with Gasteiger partial charge in [-0.15, -0.1) is 0 Å². The Kier molecular flexibility index (Phi) is 7.86. The van der Waals surface area contributed by atoms with Crippen LogP contribution < -0.4 is 0 Å². The molecule has 0 fully saturated rings. The summed E-state index contributed by atoms with van der Waals surface area (Å²) >= 11 is 0. The van der Waals surface area contributed by atoms with Gasteiger partial charge in [0.25, 0.3) is 0 Å². The van der Waals surface area contributed by atoms with E-state index in [0.717, 1.165) is 0 Å². The minimum Gasteiger partial charge on any atom is -0.396 e. The average Bonchev–Trinajstić information content (AvgIpc) is 2.22. The number of nitriles is 1. The first-order valence-corrected chi connectivity index (χ1v) is 6.17. The van der Waals surface area contributed by atoms with Crippen molar-refractivity contribution in [3.8, 4) is 6.07 Å². The van der Waals surface area contributed by atoms with Crippen LogP contribution >= 0.6 is 0 Å². The lowest BCUT2D eigenvalue weighted by Gasteiger charge is -2.14. The molecule has 1 N–H and O–H groups in total. The minimum absolute atomic E-state index is 0.00972. The molecule has 1 atom stereocenters. The van der Waals surface area contributed by atoms with E-state index in [1.54, 1.807) is 7.05 Å². The summed E-state index contributed by atoms with van der Waals surface area (Å²) in [5.41, 5.74) is 0. The zero-order valence-corrected chi connectivity index (χ0v) is 9.63. The maximum absolute atomic E-state index is 11.4. The number of carbonyl (C=O) groups is 1. The number of hydrogen-bond acceptors (Lipinski definition) is 4. The summed E-state index contributed by atoms with van der Waals surface area (Å²) in [6, 6.07) is 1.94. The molecule has 6 heteroatoms. The molecule has 1 amide bonds. The highest BCUT2D eigenvalue weighted by atomic mass is 32.2. The average molecular weight is 232 g/mol. The predicted octanol–water partition coefficient (Wildman–Crippen LogP) is -0.510. The second-order valence-corrected chi connectivity index (χ2v) is 4.67. The molecule has 5 nitrogen and oxygen atoms in total. The lowest BCUT2D eigenvalue weighted by molar-refractivity contribution is -0.127. The summed E-state index contributed by atoms with van der Waals surface area (Å²) < 4.78 is 11.3. The van der Waals surface area contributed by atoms with Gasteiger partial charge in [0.15, 0.2) is 0 Å². The van der Waals surface area contributed by atoms with E-state index in [1.807, 2.05) is 6.07 Å². The van der Waals surface area contributed by atoms with E-state index >= 15 is 0 Å². The highest BCUT2D eigenvalue weighted by molar-refractivity contribution is 7.85. The predicted molar refractivity (Wildman–Crippen MR) is 57.4 cm³/mol. The summed E-state index contributed by atoms with van der Waals surface area (Å²) in [4.78, 5) is 12.8. The van der Waals surface area contributed by atoms with Crippen molar-refractivity contribution in [3.05, 3.63) is 0 Å². The van der Waals surface area contributed by atoms with Crippen LogP contribution in [0.3, 0.4) is 0 Å². The first-order chi connectivity index (χ1) is 7.11. The van der Waals surface area contributed by atoms with Gasteiger partial charge in [0.05, 0.1) is 12.5 Å². The molecule has 0 saturated carbocycles. The Hall–Kier alpha value is -0.930. The molecule has 0 aromatic carbocycles. The molecule has 0 aromatic heterocycles. The first-order valence-electron chi connectivity index (χ1n) is 4.68. The molecule has 1 unspecified atom stereocenters. The molecule has 0 aromatic rings. The van der Waals surface area contributed by atoms with Crippen LogP contribution in [0.4, 0.5) is 0 Å². The van der Waals surface area contributed by atoms with Gasteiger partial charge in [0.1, 0.15) is 5.75 Å². The Morgan fingerprint density at radius 1 is 1.60 bits per heavy atom. The van der Waals surface area contributed by atoms with Crippen LogP contribution in [0.5, 0.6) is 0 Å². The zero-order chi connectivity index (χ0) is 11.7. The largest absolute Gasteiger partial charge is 0.396 e. The topological polar surface area (TPSA) is 81.4 Å². The lowest BCUT2D eigenvalue weighted by atomic mass is 10.4. The van der Waals surface area contributed by atoms with Crippen LogP contribution in [-0.2, 0) is 15.6 Å². The van der Waals surface area contributed by atoms with Crippen LogP contribution in [0, 0.1) is 11.3 Å². The fourth-order valence-corrected chi connectivity index (χ4v) is 1.98. The fraction of sp³-hybridized carbons (Fsp3) is 0.778. The van der Waals surface area contributed by atoms with Crippen molar-refractivity contribution in [2.75, 3.05) is 31.7 Å². The van der Waals surface area contributed by atoms with Crippen molar-refractivity contribution >= 4 is 16.7 Å². The van der Waals surface area contributed by atoms with Crippen LogP contribution in [0.15, 0.2) is 0 Å². The van der Waals surface area contributed by atoms with E-state index in [4.69, 9.17) is 10.4 Å². The highest BCUT2D eigenvalue weighted by Gasteiger charge is 2.11. The molecule has 0 aliphatic rings. The van der Waals surface area contributed by atoms with Gasteiger partial charge < -0.3 is 10.0 Å². The molecule has 0 radical (unpaired) electrons. The number of carbonyl (C=O) groups excluding carboxylic acids is 1. The van der Waals surface area contributed by atoms with Gasteiger partial charge in [-0.05, 0) is 6.42 Å². The summed E-state index contributed by atoms with van der Waals surface area (Å²) in [6.07, 6.45) is 0.729. The van der Waals surface area contributed by atoms with Gasteiger partial charge in [-0.1, -0.05) is 0 Å². The monoisotopic (exact) mass is 232 g/mol. The van der Waals surface area contributed by atoms with Crippen molar-refractivity contribution in [1.29, 1.82) is 5.26 Å². The number of hydrogen-bond donors (Lipinski definition) is 1. The molecule has 0 aliphatic carbocycles. The molecule has 0 aliphatic heterocycles. The van der Waals surface area contributed by atoms with Crippen LogP contribution in [0.25, 0.3) is 0 Å². The SMILES string of the molecule is CN(CCC#N)C(=O)CS(=O)CCCO. The van der Waals surface area contributed by atoms with E-state index < -0.39 is 10.8 Å². The maximum Gasteiger partial charge on any atom is 0.234 e. The summed E-state index contributed by atoms with van der Waals surface area (Å²) in [6.45, 7) is 0.358. The molecule has 0 spiro atoms. The minimum atomic E-state index is -1.21. The van der Waals surface area contributed by atoms with Crippen LogP contribution in [0.1, 0.15) is 12.8 Å². The molecule has 0 saturated heterocycles. The van der Waals surface area contributed by atoms with Crippen LogP contribution in [0.2, 0.25) is 0 Å². The van der Waals surface area contributed by atoms with Gasteiger partial charge in [-0.25, -0.2) is 0 Å². The third kappa shape index (κ3) is 7.05. The number of aliphatic hydroxyl groups is 1. The molecule has 0 bridgehead atoms. The summed E-state index contributed by atoms with van der Waals surface area (Å²) in [5, 5.41) is 16.8. The standard InChI is InChI=1S/C9H16N2O3S/c1-11(5-2-4-10)9(13)8-15(14)7-3-6-12/h12H,2-3,5-8H2,1H3. The third-order valence-corrected chi connectivity index (χ3v) is 3.11. The number of nitrogens with zero attached hydrogens (tertiary/aromatic N) is 2. The molecule has 15 heavy (non-hydrogen) atoms. The third-order valence-electron chi connectivity index (χ3n) is 1.80. The Morgan fingerprint density at radius 2 is 2.27 bits per heavy atom. The van der Waals surface area contributed by atoms with Crippen LogP contribution in [-0.4, -0.2) is 51.8 Å². The van der Waals surface area contributed by atoms with E-state index in [0.29, 0.717) is 18.7 Å². The number of rotatable bonds is 7. The molecule has 86 valence electrons.